The second kappa shape index (κ2) is 8.86. The van der Waals surface area contributed by atoms with E-state index < -0.39 is 6.17 Å². The van der Waals surface area contributed by atoms with Crippen LogP contribution in [0.1, 0.15) is 43.5 Å². The smallest absolute Gasteiger partial charge is 0.255 e. The molecule has 0 aromatic carbocycles. The number of piperidine rings is 1. The van der Waals surface area contributed by atoms with Gasteiger partial charge in [0, 0.05) is 32.6 Å². The number of likely N-dealkylation sites (tertiary alicyclic amines) is 1. The standard InChI is InChI=1S/C21H25ClFN3O2/c1-13(15-3-5-17(23)6-4-15)16-7-9-26(10-8-16)21(28)18-11-20(25-14(2)27)24-12-19(18)22/h3-5,11-13,16-17H,6-10H2,1-2H3,(H,24,25,27). The van der Waals surface area contributed by atoms with E-state index in [9.17, 15) is 14.0 Å². The van der Waals surface area contributed by atoms with Gasteiger partial charge >= 0.3 is 0 Å². The Balaban J connectivity index is 1.62. The highest BCUT2D eigenvalue weighted by Gasteiger charge is 2.29. The maximum atomic E-state index is 13.3. The number of hydrogen-bond donors (Lipinski definition) is 1. The van der Waals surface area contributed by atoms with Gasteiger partial charge in [0.15, 0.2) is 0 Å². The van der Waals surface area contributed by atoms with Gasteiger partial charge in [0.05, 0.1) is 10.6 Å². The van der Waals surface area contributed by atoms with Crippen molar-refractivity contribution in [1.82, 2.24) is 9.88 Å². The molecule has 1 aromatic rings. The number of carbonyl (C=O) groups is 2. The van der Waals surface area contributed by atoms with E-state index in [4.69, 9.17) is 11.6 Å². The topological polar surface area (TPSA) is 62.3 Å². The van der Waals surface area contributed by atoms with Gasteiger partial charge in [0.2, 0.25) is 5.91 Å². The molecule has 0 saturated carbocycles. The first kappa shape index (κ1) is 20.5. The van der Waals surface area contributed by atoms with Crippen molar-refractivity contribution in [3.8, 4) is 0 Å². The van der Waals surface area contributed by atoms with Gasteiger partial charge in [-0.25, -0.2) is 9.37 Å². The van der Waals surface area contributed by atoms with Crippen molar-refractivity contribution in [2.75, 3.05) is 18.4 Å². The molecule has 2 aliphatic rings. The molecule has 150 valence electrons. The summed E-state index contributed by atoms with van der Waals surface area (Å²) < 4.78 is 13.3. The van der Waals surface area contributed by atoms with Gasteiger partial charge < -0.3 is 10.2 Å². The minimum atomic E-state index is -0.872. The van der Waals surface area contributed by atoms with Crippen LogP contribution in [-0.2, 0) is 4.79 Å². The normalized spacial score (nSPS) is 21.2. The summed E-state index contributed by atoms with van der Waals surface area (Å²) in [4.78, 5) is 30.0. The molecule has 1 aliphatic heterocycles. The summed E-state index contributed by atoms with van der Waals surface area (Å²) in [7, 11) is 0. The molecule has 0 radical (unpaired) electrons. The van der Waals surface area contributed by atoms with E-state index in [1.54, 1.807) is 11.0 Å². The number of nitrogens with zero attached hydrogens (tertiary/aromatic N) is 2. The van der Waals surface area contributed by atoms with E-state index in [0.29, 0.717) is 42.7 Å². The number of carbonyl (C=O) groups excluding carboxylic acids is 2. The van der Waals surface area contributed by atoms with Crippen molar-refractivity contribution < 1.29 is 14.0 Å². The highest BCUT2D eigenvalue weighted by atomic mass is 35.5. The molecule has 2 atom stereocenters. The SMILES string of the molecule is CC(=O)Nc1cc(C(=O)N2CCC(C(C)C3=CCC(F)C=C3)CC2)c(Cl)cn1. The summed E-state index contributed by atoms with van der Waals surface area (Å²) in [5.74, 6) is 0.706. The third-order valence-corrected chi connectivity index (χ3v) is 5.83. The molecule has 1 aliphatic carbocycles. The van der Waals surface area contributed by atoms with Crippen molar-refractivity contribution in [1.29, 1.82) is 0 Å². The lowest BCUT2D eigenvalue weighted by Crippen LogP contribution is -2.40. The Morgan fingerprint density at radius 3 is 2.68 bits per heavy atom. The Morgan fingerprint density at radius 2 is 2.07 bits per heavy atom. The van der Waals surface area contributed by atoms with Crippen LogP contribution in [0.4, 0.5) is 10.2 Å². The fourth-order valence-corrected chi connectivity index (χ4v) is 4.03. The van der Waals surface area contributed by atoms with Gasteiger partial charge in [0.25, 0.3) is 5.91 Å². The van der Waals surface area contributed by atoms with E-state index in [1.807, 2.05) is 12.2 Å². The first-order valence-corrected chi connectivity index (χ1v) is 9.97. The largest absolute Gasteiger partial charge is 0.339 e. The van der Waals surface area contributed by atoms with Gasteiger partial charge in [-0.1, -0.05) is 36.8 Å². The number of hydrogen-bond acceptors (Lipinski definition) is 3. The Labute approximate surface area is 169 Å². The number of anilines is 1. The number of nitrogens with one attached hydrogen (secondary N) is 1. The first-order chi connectivity index (χ1) is 13.3. The number of aromatic nitrogens is 1. The lowest BCUT2D eigenvalue weighted by molar-refractivity contribution is -0.114. The van der Waals surface area contributed by atoms with Crippen LogP contribution < -0.4 is 5.32 Å². The molecule has 2 heterocycles. The van der Waals surface area contributed by atoms with Crippen molar-refractivity contribution in [3.05, 3.63) is 46.7 Å². The first-order valence-electron chi connectivity index (χ1n) is 9.60. The molecular formula is C21H25ClFN3O2. The zero-order chi connectivity index (χ0) is 20.3. The van der Waals surface area contributed by atoms with Crippen LogP contribution in [0.15, 0.2) is 36.1 Å². The van der Waals surface area contributed by atoms with Crippen molar-refractivity contribution in [3.63, 3.8) is 0 Å². The summed E-state index contributed by atoms with van der Waals surface area (Å²) in [5, 5.41) is 2.84. The minimum absolute atomic E-state index is 0.151. The summed E-state index contributed by atoms with van der Waals surface area (Å²) in [6, 6.07) is 1.52. The molecule has 1 N–H and O–H groups in total. The fraction of sp³-hybridized carbons (Fsp3) is 0.476. The number of rotatable bonds is 4. The predicted molar refractivity (Wildman–Crippen MR) is 108 cm³/mol. The number of allylic oxidation sites excluding steroid dienone is 4. The Hall–Kier alpha value is -2.21. The Bertz CT molecular complexity index is 816. The van der Waals surface area contributed by atoms with E-state index in [0.717, 1.165) is 12.8 Å². The number of pyridine rings is 1. The van der Waals surface area contributed by atoms with Crippen LogP contribution in [0.5, 0.6) is 0 Å². The van der Waals surface area contributed by atoms with E-state index in [1.165, 1.54) is 24.8 Å². The molecule has 2 amide bonds. The Kier molecular flexibility index (Phi) is 6.50. The quantitative estimate of drug-likeness (QED) is 0.807. The van der Waals surface area contributed by atoms with Gasteiger partial charge in [-0.15, -0.1) is 0 Å². The summed E-state index contributed by atoms with van der Waals surface area (Å²) >= 11 is 6.17. The molecule has 3 rings (SSSR count). The molecule has 5 nitrogen and oxygen atoms in total. The van der Waals surface area contributed by atoms with E-state index >= 15 is 0 Å². The van der Waals surface area contributed by atoms with Crippen LogP contribution >= 0.6 is 11.6 Å². The molecule has 0 bridgehead atoms. The molecule has 7 heteroatoms. The predicted octanol–water partition coefficient (Wildman–Crippen LogP) is 4.41. The fourth-order valence-electron chi connectivity index (χ4n) is 3.84. The van der Waals surface area contributed by atoms with E-state index in [-0.39, 0.29) is 16.8 Å². The molecular weight excluding hydrogens is 381 g/mol. The molecule has 2 unspecified atom stereocenters. The van der Waals surface area contributed by atoms with Gasteiger partial charge in [-0.05, 0) is 36.3 Å². The van der Waals surface area contributed by atoms with Crippen LogP contribution in [-0.4, -0.2) is 41.0 Å². The van der Waals surface area contributed by atoms with Crippen molar-refractivity contribution in [2.24, 2.45) is 11.8 Å². The average Bonchev–Trinajstić information content (AvgIpc) is 2.69. The zero-order valence-corrected chi connectivity index (χ0v) is 16.9. The Morgan fingerprint density at radius 1 is 1.36 bits per heavy atom. The third-order valence-electron chi connectivity index (χ3n) is 5.53. The van der Waals surface area contributed by atoms with Crippen molar-refractivity contribution >= 4 is 29.2 Å². The highest BCUT2D eigenvalue weighted by molar-refractivity contribution is 6.33. The van der Waals surface area contributed by atoms with Gasteiger partial charge in [0.1, 0.15) is 12.0 Å². The lowest BCUT2D eigenvalue weighted by Gasteiger charge is -2.36. The summed E-state index contributed by atoms with van der Waals surface area (Å²) in [6.07, 6.45) is 8.26. The van der Waals surface area contributed by atoms with Crippen LogP contribution in [0, 0.1) is 11.8 Å². The number of halogens is 2. The van der Waals surface area contributed by atoms with Gasteiger partial charge in [-0.3, -0.25) is 9.59 Å². The number of amides is 2. The van der Waals surface area contributed by atoms with Crippen molar-refractivity contribution in [2.45, 2.75) is 39.3 Å². The third kappa shape index (κ3) is 4.79. The van der Waals surface area contributed by atoms with E-state index in [2.05, 4.69) is 17.2 Å². The monoisotopic (exact) mass is 405 g/mol. The van der Waals surface area contributed by atoms with Crippen LogP contribution in [0.3, 0.4) is 0 Å². The van der Waals surface area contributed by atoms with Crippen LogP contribution in [0.25, 0.3) is 0 Å². The highest BCUT2D eigenvalue weighted by Crippen LogP contribution is 2.33. The summed E-state index contributed by atoms with van der Waals surface area (Å²) in [6.45, 7) is 4.85. The molecule has 1 saturated heterocycles. The zero-order valence-electron chi connectivity index (χ0n) is 16.1. The average molecular weight is 406 g/mol. The minimum Gasteiger partial charge on any atom is -0.339 e. The summed E-state index contributed by atoms with van der Waals surface area (Å²) in [5.41, 5.74) is 1.54. The molecule has 1 aromatic heterocycles. The lowest BCUT2D eigenvalue weighted by atomic mass is 9.79. The molecule has 0 spiro atoms. The molecule has 28 heavy (non-hydrogen) atoms. The molecule has 1 fully saturated rings. The second-order valence-corrected chi connectivity index (χ2v) is 7.87. The maximum absolute atomic E-state index is 13.3. The van der Waals surface area contributed by atoms with Crippen LogP contribution in [0.2, 0.25) is 5.02 Å². The van der Waals surface area contributed by atoms with Gasteiger partial charge in [-0.2, -0.15) is 0 Å². The second-order valence-electron chi connectivity index (χ2n) is 7.46. The maximum Gasteiger partial charge on any atom is 0.255 e. The number of alkyl halides is 1.